The van der Waals surface area contributed by atoms with Gasteiger partial charge in [0, 0.05) is 43.5 Å². The average Bonchev–Trinajstić information content (AvgIpc) is 3.15. The maximum absolute atomic E-state index is 12.1. The zero-order valence-electron chi connectivity index (χ0n) is 12.6. The first-order valence-electron chi connectivity index (χ1n) is 7.72. The zero-order valence-corrected chi connectivity index (χ0v) is 13.4. The lowest BCUT2D eigenvalue weighted by molar-refractivity contribution is 0.0535. The number of para-hydroxylation sites is 1. The van der Waals surface area contributed by atoms with Crippen LogP contribution in [0.1, 0.15) is 15.9 Å². The average molecular weight is 334 g/mol. The third-order valence-electron chi connectivity index (χ3n) is 4.61. The van der Waals surface area contributed by atoms with Gasteiger partial charge in [-0.25, -0.2) is 4.79 Å². The normalized spacial score (nSPS) is 13.5. The van der Waals surface area contributed by atoms with Crippen LogP contribution in [-0.4, -0.2) is 11.0 Å². The maximum atomic E-state index is 12.1. The predicted octanol–water partition coefficient (Wildman–Crippen LogP) is 5.31. The molecule has 1 aliphatic heterocycles. The maximum Gasteiger partial charge on any atom is 0.338 e. The van der Waals surface area contributed by atoms with Crippen LogP contribution in [0.5, 0.6) is 0 Å². The quantitative estimate of drug-likeness (QED) is 0.479. The molecule has 1 aromatic heterocycles. The number of nitrogens with one attached hydrogen (secondary N) is 1. The van der Waals surface area contributed by atoms with E-state index in [0.29, 0.717) is 10.6 Å². The molecule has 0 fully saturated rings. The summed E-state index contributed by atoms with van der Waals surface area (Å²) in [6.07, 6.45) is 0. The van der Waals surface area contributed by atoms with Crippen molar-refractivity contribution in [2.24, 2.45) is 0 Å². The molecule has 0 saturated carbocycles. The molecule has 5 rings (SSSR count). The van der Waals surface area contributed by atoms with Crippen molar-refractivity contribution in [3.8, 4) is 11.1 Å². The van der Waals surface area contributed by atoms with Crippen molar-refractivity contribution in [1.82, 2.24) is 4.98 Å². The molecule has 1 N–H and O–H groups in total. The summed E-state index contributed by atoms with van der Waals surface area (Å²) in [6.45, 7) is 0.282. The van der Waals surface area contributed by atoms with Gasteiger partial charge in [-0.05, 0) is 18.2 Å². The molecule has 4 aromatic rings. The third-order valence-corrected chi connectivity index (χ3v) is 4.94. The minimum atomic E-state index is -0.279. The standard InChI is InChI=1S/C20H12ClNO2/c21-15-7-3-1-5-11(15)18-14-10-24-20(23)13(14)9-17-19(18)12-6-2-4-8-16(12)22-17/h1-9,22H,10H2. The molecule has 3 aromatic carbocycles. The molecule has 0 spiro atoms. The summed E-state index contributed by atoms with van der Waals surface area (Å²) in [6, 6.07) is 17.7. The van der Waals surface area contributed by atoms with Crippen LogP contribution >= 0.6 is 11.6 Å². The van der Waals surface area contributed by atoms with E-state index in [1.165, 1.54) is 0 Å². The molecular weight excluding hydrogens is 322 g/mol. The molecular formula is C20H12ClNO2. The SMILES string of the molecule is O=C1OCc2c1cc1[nH]c3ccccc3c1c2-c1ccccc1Cl. The van der Waals surface area contributed by atoms with Crippen LogP contribution in [0, 0.1) is 0 Å². The van der Waals surface area contributed by atoms with Crippen molar-refractivity contribution in [3.05, 3.63) is 70.7 Å². The first-order valence-corrected chi connectivity index (χ1v) is 8.10. The third kappa shape index (κ3) is 1.76. The van der Waals surface area contributed by atoms with Crippen LogP contribution < -0.4 is 0 Å². The smallest absolute Gasteiger partial charge is 0.338 e. The fraction of sp³-hybridized carbons (Fsp3) is 0.0500. The lowest BCUT2D eigenvalue weighted by atomic mass is 9.92. The fourth-order valence-corrected chi connectivity index (χ4v) is 3.80. The highest BCUT2D eigenvalue weighted by Gasteiger charge is 2.28. The number of cyclic esters (lactones) is 1. The number of hydrogen-bond acceptors (Lipinski definition) is 2. The molecule has 0 atom stereocenters. The van der Waals surface area contributed by atoms with Crippen molar-refractivity contribution in [1.29, 1.82) is 0 Å². The number of esters is 1. The van der Waals surface area contributed by atoms with Crippen molar-refractivity contribution >= 4 is 39.4 Å². The molecule has 0 aliphatic carbocycles. The van der Waals surface area contributed by atoms with E-state index < -0.39 is 0 Å². The number of ether oxygens (including phenoxy) is 1. The number of aromatic nitrogens is 1. The Bertz CT molecular complexity index is 1140. The summed E-state index contributed by atoms with van der Waals surface area (Å²) in [5.74, 6) is -0.279. The Morgan fingerprint density at radius 3 is 2.62 bits per heavy atom. The molecule has 3 nitrogen and oxygen atoms in total. The van der Waals surface area contributed by atoms with Crippen LogP contribution in [0.2, 0.25) is 5.02 Å². The van der Waals surface area contributed by atoms with Gasteiger partial charge in [0.1, 0.15) is 6.61 Å². The fourth-order valence-electron chi connectivity index (χ4n) is 3.57. The van der Waals surface area contributed by atoms with Crippen molar-refractivity contribution in [3.63, 3.8) is 0 Å². The summed E-state index contributed by atoms with van der Waals surface area (Å²) in [4.78, 5) is 15.5. The Morgan fingerprint density at radius 1 is 0.958 bits per heavy atom. The lowest BCUT2D eigenvalue weighted by Gasteiger charge is -2.11. The number of carbonyl (C=O) groups excluding carboxylic acids is 1. The van der Waals surface area contributed by atoms with Gasteiger partial charge >= 0.3 is 5.97 Å². The Balaban J connectivity index is 2.03. The van der Waals surface area contributed by atoms with Gasteiger partial charge in [0.25, 0.3) is 0 Å². The Morgan fingerprint density at radius 2 is 1.75 bits per heavy atom. The Hall–Kier alpha value is -2.78. The van der Waals surface area contributed by atoms with Gasteiger partial charge in [-0.2, -0.15) is 0 Å². The molecule has 24 heavy (non-hydrogen) atoms. The number of rotatable bonds is 1. The summed E-state index contributed by atoms with van der Waals surface area (Å²) in [5, 5.41) is 2.86. The van der Waals surface area contributed by atoms with E-state index in [1.54, 1.807) is 0 Å². The van der Waals surface area contributed by atoms with Crippen molar-refractivity contribution in [2.45, 2.75) is 6.61 Å². The van der Waals surface area contributed by atoms with E-state index in [0.717, 1.165) is 38.5 Å². The second-order valence-electron chi connectivity index (χ2n) is 5.93. The second-order valence-corrected chi connectivity index (χ2v) is 6.33. The highest BCUT2D eigenvalue weighted by Crippen LogP contribution is 2.43. The van der Waals surface area contributed by atoms with Gasteiger partial charge in [0.2, 0.25) is 0 Å². The highest BCUT2D eigenvalue weighted by atomic mass is 35.5. The van der Waals surface area contributed by atoms with Gasteiger partial charge < -0.3 is 9.72 Å². The minimum absolute atomic E-state index is 0.279. The molecule has 2 heterocycles. The van der Waals surface area contributed by atoms with Crippen molar-refractivity contribution in [2.75, 3.05) is 0 Å². The summed E-state index contributed by atoms with van der Waals surface area (Å²) < 4.78 is 5.28. The van der Waals surface area contributed by atoms with Crippen LogP contribution in [-0.2, 0) is 11.3 Å². The lowest BCUT2D eigenvalue weighted by Crippen LogP contribution is -1.95. The van der Waals surface area contributed by atoms with Crippen molar-refractivity contribution < 1.29 is 9.53 Å². The Labute approximate surface area is 142 Å². The minimum Gasteiger partial charge on any atom is -0.457 e. The second kappa shape index (κ2) is 4.86. The van der Waals surface area contributed by atoms with Crippen LogP contribution in [0.25, 0.3) is 32.9 Å². The molecule has 0 amide bonds. The summed E-state index contributed by atoms with van der Waals surface area (Å²) in [7, 11) is 0. The number of fused-ring (bicyclic) bond motifs is 4. The molecule has 1 aliphatic rings. The topological polar surface area (TPSA) is 42.1 Å². The molecule has 4 heteroatoms. The molecule has 116 valence electrons. The number of carbonyl (C=O) groups is 1. The van der Waals surface area contributed by atoms with Crippen LogP contribution in [0.4, 0.5) is 0 Å². The monoisotopic (exact) mass is 333 g/mol. The van der Waals surface area contributed by atoms with E-state index in [9.17, 15) is 4.79 Å². The van der Waals surface area contributed by atoms with Crippen LogP contribution in [0.15, 0.2) is 54.6 Å². The number of halogens is 1. The van der Waals surface area contributed by atoms with E-state index >= 15 is 0 Å². The number of hydrogen-bond donors (Lipinski definition) is 1. The van der Waals surface area contributed by atoms with E-state index in [4.69, 9.17) is 16.3 Å². The van der Waals surface area contributed by atoms with E-state index in [1.807, 2.05) is 48.5 Å². The molecule has 0 bridgehead atoms. The predicted molar refractivity (Wildman–Crippen MR) is 95.4 cm³/mol. The summed E-state index contributed by atoms with van der Waals surface area (Å²) >= 11 is 6.48. The zero-order chi connectivity index (χ0) is 16.3. The Kier molecular flexibility index (Phi) is 2.76. The van der Waals surface area contributed by atoms with E-state index in [-0.39, 0.29) is 12.6 Å². The molecule has 0 radical (unpaired) electrons. The van der Waals surface area contributed by atoms with Crippen LogP contribution in [0.3, 0.4) is 0 Å². The summed E-state index contributed by atoms with van der Waals surface area (Å²) in [5.41, 5.74) is 5.39. The molecule has 0 saturated heterocycles. The first kappa shape index (κ1) is 13.6. The van der Waals surface area contributed by atoms with Gasteiger partial charge in [-0.15, -0.1) is 0 Å². The number of H-pyrrole nitrogens is 1. The van der Waals surface area contributed by atoms with Gasteiger partial charge in [0.15, 0.2) is 0 Å². The van der Waals surface area contributed by atoms with Gasteiger partial charge in [-0.3, -0.25) is 0 Å². The largest absolute Gasteiger partial charge is 0.457 e. The van der Waals surface area contributed by atoms with Gasteiger partial charge in [-0.1, -0.05) is 48.0 Å². The first-order chi connectivity index (χ1) is 11.7. The van der Waals surface area contributed by atoms with Gasteiger partial charge in [0.05, 0.1) is 5.56 Å². The molecule has 0 unspecified atom stereocenters. The highest BCUT2D eigenvalue weighted by molar-refractivity contribution is 6.34. The number of aromatic amines is 1. The number of benzene rings is 3. The van der Waals surface area contributed by atoms with E-state index in [2.05, 4.69) is 11.1 Å².